The highest BCUT2D eigenvalue weighted by atomic mass is 32.1. The third kappa shape index (κ3) is 3.52. The molecule has 0 spiro atoms. The number of rotatable bonds is 5. The van der Waals surface area contributed by atoms with Gasteiger partial charge >= 0.3 is 0 Å². The highest BCUT2D eigenvalue weighted by Crippen LogP contribution is 2.21. The quantitative estimate of drug-likeness (QED) is 0.322. The molecule has 3 rings (SSSR count). The van der Waals surface area contributed by atoms with Crippen molar-refractivity contribution >= 4 is 29.8 Å². The molecule has 0 atom stereocenters. The number of nitrogens with one attached hydrogen (secondary N) is 1. The van der Waals surface area contributed by atoms with Gasteiger partial charge in [-0.1, -0.05) is 12.1 Å². The van der Waals surface area contributed by atoms with Crippen LogP contribution in [-0.2, 0) is 0 Å². The summed E-state index contributed by atoms with van der Waals surface area (Å²) in [6.07, 6.45) is 1.40. The van der Waals surface area contributed by atoms with Crippen LogP contribution in [0.1, 0.15) is 5.56 Å². The average molecular weight is 368 g/mol. The first-order valence-corrected chi connectivity index (χ1v) is 8.11. The molecule has 0 unspecified atom stereocenters. The van der Waals surface area contributed by atoms with Gasteiger partial charge in [0, 0.05) is 31.4 Å². The maximum Gasteiger partial charge on any atom is 0.278 e. The second-order valence-electron chi connectivity index (χ2n) is 5.67. The number of nitro benzene ring substituents is 1. The molecule has 0 bridgehead atoms. The van der Waals surface area contributed by atoms with E-state index in [-0.39, 0.29) is 5.69 Å². The molecular formula is C17H16N6O2S. The number of benzene rings is 2. The second kappa shape index (κ2) is 7.28. The Morgan fingerprint density at radius 1 is 1.23 bits per heavy atom. The predicted octanol–water partition coefficient (Wildman–Crippen LogP) is 3.46. The summed E-state index contributed by atoms with van der Waals surface area (Å²) in [6, 6.07) is 14.1. The molecule has 0 fully saturated rings. The number of anilines is 1. The normalized spacial score (nSPS) is 11.0. The largest absolute Gasteiger partial charge is 0.378 e. The molecule has 3 aromatic rings. The van der Waals surface area contributed by atoms with Crippen molar-refractivity contribution in [2.75, 3.05) is 19.0 Å². The van der Waals surface area contributed by atoms with Gasteiger partial charge in [-0.05, 0) is 42.5 Å². The standard InChI is InChI=1S/C17H16N6O2S/c1-21(2)14-9-7-12(8-10-14)16-19-20-17(26)22(16)18-11-13-5-3-4-6-15(13)23(24)25/h3-11H,1-2H3,(H,20,26)/b18-11+. The first kappa shape index (κ1) is 17.5. The van der Waals surface area contributed by atoms with Gasteiger partial charge in [-0.15, -0.1) is 0 Å². The second-order valence-corrected chi connectivity index (χ2v) is 6.05. The van der Waals surface area contributed by atoms with Crippen LogP contribution < -0.4 is 4.90 Å². The van der Waals surface area contributed by atoms with E-state index in [1.807, 2.05) is 43.3 Å². The highest BCUT2D eigenvalue weighted by Gasteiger charge is 2.12. The summed E-state index contributed by atoms with van der Waals surface area (Å²) >= 11 is 5.23. The van der Waals surface area contributed by atoms with E-state index in [0.717, 1.165) is 11.3 Å². The monoisotopic (exact) mass is 368 g/mol. The summed E-state index contributed by atoms with van der Waals surface area (Å²) in [5, 5.41) is 22.3. The third-order valence-corrected chi connectivity index (χ3v) is 4.00. The summed E-state index contributed by atoms with van der Waals surface area (Å²) in [6.45, 7) is 0. The Kier molecular flexibility index (Phi) is 4.90. The Morgan fingerprint density at radius 2 is 1.92 bits per heavy atom. The van der Waals surface area contributed by atoms with Crippen molar-refractivity contribution in [3.63, 3.8) is 0 Å². The molecule has 0 aliphatic rings. The Bertz CT molecular complexity index is 1020. The lowest BCUT2D eigenvalue weighted by atomic mass is 10.2. The Hall–Kier alpha value is -3.33. The zero-order valence-electron chi connectivity index (χ0n) is 14.2. The van der Waals surface area contributed by atoms with Crippen molar-refractivity contribution in [1.29, 1.82) is 0 Å². The minimum absolute atomic E-state index is 0.0249. The number of H-pyrrole nitrogens is 1. The summed E-state index contributed by atoms with van der Waals surface area (Å²) in [5.74, 6) is 0.523. The van der Waals surface area contributed by atoms with Gasteiger partial charge in [-0.25, -0.2) is 5.10 Å². The average Bonchev–Trinajstić information content (AvgIpc) is 3.00. The first-order chi connectivity index (χ1) is 12.5. The van der Waals surface area contributed by atoms with Crippen LogP contribution in [0.5, 0.6) is 0 Å². The number of aromatic nitrogens is 3. The molecule has 8 nitrogen and oxygen atoms in total. The molecule has 9 heteroatoms. The zero-order chi connectivity index (χ0) is 18.7. The van der Waals surface area contributed by atoms with E-state index in [0.29, 0.717) is 16.2 Å². The summed E-state index contributed by atoms with van der Waals surface area (Å²) in [7, 11) is 3.92. The molecule has 0 amide bonds. The number of hydrogen-bond donors (Lipinski definition) is 1. The highest BCUT2D eigenvalue weighted by molar-refractivity contribution is 7.71. The van der Waals surface area contributed by atoms with Crippen molar-refractivity contribution in [2.45, 2.75) is 0 Å². The van der Waals surface area contributed by atoms with Crippen LogP contribution in [-0.4, -0.2) is 40.1 Å². The van der Waals surface area contributed by atoms with Gasteiger partial charge in [0.25, 0.3) is 5.69 Å². The molecule has 0 radical (unpaired) electrons. The van der Waals surface area contributed by atoms with Crippen molar-refractivity contribution in [3.8, 4) is 11.4 Å². The van der Waals surface area contributed by atoms with E-state index in [2.05, 4.69) is 15.3 Å². The molecule has 26 heavy (non-hydrogen) atoms. The van der Waals surface area contributed by atoms with Gasteiger partial charge in [-0.3, -0.25) is 10.1 Å². The molecular weight excluding hydrogens is 352 g/mol. The van der Waals surface area contributed by atoms with E-state index in [1.165, 1.54) is 17.0 Å². The van der Waals surface area contributed by atoms with Crippen LogP contribution in [0.3, 0.4) is 0 Å². The van der Waals surface area contributed by atoms with Crippen LogP contribution in [0, 0.1) is 14.9 Å². The maximum absolute atomic E-state index is 11.1. The third-order valence-electron chi connectivity index (χ3n) is 3.74. The summed E-state index contributed by atoms with van der Waals surface area (Å²) in [4.78, 5) is 12.7. The Balaban J connectivity index is 1.99. The molecule has 1 aromatic heterocycles. The summed E-state index contributed by atoms with van der Waals surface area (Å²) < 4.78 is 1.74. The van der Waals surface area contributed by atoms with Crippen LogP contribution in [0.15, 0.2) is 53.6 Å². The lowest BCUT2D eigenvalue weighted by Crippen LogP contribution is -2.08. The van der Waals surface area contributed by atoms with E-state index in [4.69, 9.17) is 12.2 Å². The number of nitrogens with zero attached hydrogens (tertiary/aromatic N) is 5. The molecule has 0 aliphatic heterocycles. The van der Waals surface area contributed by atoms with Crippen molar-refractivity contribution in [3.05, 3.63) is 69.0 Å². The van der Waals surface area contributed by atoms with E-state index >= 15 is 0 Å². The van der Waals surface area contributed by atoms with Crippen LogP contribution in [0.25, 0.3) is 11.4 Å². The smallest absolute Gasteiger partial charge is 0.278 e. The molecule has 0 aliphatic carbocycles. The Morgan fingerprint density at radius 3 is 2.58 bits per heavy atom. The molecule has 132 valence electrons. The van der Waals surface area contributed by atoms with Gasteiger partial charge < -0.3 is 4.90 Å². The minimum Gasteiger partial charge on any atom is -0.378 e. The molecule has 1 N–H and O–H groups in total. The predicted molar refractivity (Wildman–Crippen MR) is 103 cm³/mol. The Labute approximate surface area is 154 Å². The van der Waals surface area contributed by atoms with Crippen molar-refractivity contribution < 1.29 is 4.92 Å². The molecule has 1 heterocycles. The summed E-state index contributed by atoms with van der Waals surface area (Å²) in [5.41, 5.74) is 2.23. The fourth-order valence-electron chi connectivity index (χ4n) is 2.38. The zero-order valence-corrected chi connectivity index (χ0v) is 15.0. The van der Waals surface area contributed by atoms with E-state index in [9.17, 15) is 10.1 Å². The molecule has 0 saturated heterocycles. The van der Waals surface area contributed by atoms with Gasteiger partial charge in [0.1, 0.15) is 0 Å². The molecule has 2 aromatic carbocycles. The van der Waals surface area contributed by atoms with Crippen LogP contribution in [0.2, 0.25) is 0 Å². The van der Waals surface area contributed by atoms with Crippen molar-refractivity contribution in [1.82, 2.24) is 14.9 Å². The van der Waals surface area contributed by atoms with Crippen LogP contribution >= 0.6 is 12.2 Å². The van der Waals surface area contributed by atoms with Crippen LogP contribution in [0.4, 0.5) is 11.4 Å². The van der Waals surface area contributed by atoms with Gasteiger partial charge in [0.05, 0.1) is 16.7 Å². The lowest BCUT2D eigenvalue weighted by molar-refractivity contribution is -0.385. The topological polar surface area (TPSA) is 92.3 Å². The first-order valence-electron chi connectivity index (χ1n) is 7.70. The van der Waals surface area contributed by atoms with Gasteiger partial charge in [-0.2, -0.15) is 14.9 Å². The number of nitro groups is 1. The van der Waals surface area contributed by atoms with Gasteiger partial charge in [0.2, 0.25) is 4.77 Å². The number of para-hydroxylation sites is 1. The van der Waals surface area contributed by atoms with Crippen molar-refractivity contribution in [2.24, 2.45) is 5.10 Å². The number of aromatic amines is 1. The maximum atomic E-state index is 11.1. The van der Waals surface area contributed by atoms with E-state index in [1.54, 1.807) is 18.2 Å². The fourth-order valence-corrected chi connectivity index (χ4v) is 2.56. The minimum atomic E-state index is -0.448. The molecule has 0 saturated carbocycles. The fraction of sp³-hybridized carbons (Fsp3) is 0.118. The lowest BCUT2D eigenvalue weighted by Gasteiger charge is -2.12. The SMILES string of the molecule is CN(C)c1ccc(-c2n[nH]c(=S)n2/N=C/c2ccccc2[N+](=O)[O-])cc1. The number of hydrogen-bond acceptors (Lipinski definition) is 6. The van der Waals surface area contributed by atoms with E-state index < -0.39 is 4.92 Å². The van der Waals surface area contributed by atoms with Gasteiger partial charge in [0.15, 0.2) is 5.82 Å².